The molecule has 0 radical (unpaired) electrons. The lowest BCUT2D eigenvalue weighted by atomic mass is 10.1. The van der Waals surface area contributed by atoms with Crippen molar-refractivity contribution in [3.63, 3.8) is 0 Å². The van der Waals surface area contributed by atoms with Crippen LogP contribution in [0.3, 0.4) is 0 Å². The molecule has 4 rings (SSSR count). The number of aromatic nitrogens is 3. The maximum Gasteiger partial charge on any atom is 0.168 e. The summed E-state index contributed by atoms with van der Waals surface area (Å²) in [5.41, 5.74) is 3.50. The number of thioether (sulfide) groups is 1. The van der Waals surface area contributed by atoms with Crippen LogP contribution >= 0.6 is 11.8 Å². The van der Waals surface area contributed by atoms with Crippen LogP contribution in [0.25, 0.3) is 11.3 Å². The number of imidazole rings is 1. The molecule has 1 fully saturated rings. The van der Waals surface area contributed by atoms with E-state index >= 15 is 0 Å². The second-order valence-electron chi connectivity index (χ2n) is 6.46. The third-order valence-corrected chi connectivity index (χ3v) is 5.61. The number of aryl methyl sites for hydroxylation is 1. The summed E-state index contributed by atoms with van der Waals surface area (Å²) in [6, 6.07) is 16.6. The molecule has 134 valence electrons. The molecule has 0 aliphatic carbocycles. The fraction of sp³-hybridized carbons (Fsp3) is 0.333. The molecule has 0 bridgehead atoms. The molecule has 0 saturated carbocycles. The highest BCUT2D eigenvalue weighted by molar-refractivity contribution is 7.99. The molecule has 4 nitrogen and oxygen atoms in total. The van der Waals surface area contributed by atoms with Gasteiger partial charge in [-0.15, -0.1) is 0 Å². The van der Waals surface area contributed by atoms with Crippen LogP contribution in [0.4, 0.5) is 0 Å². The van der Waals surface area contributed by atoms with Gasteiger partial charge in [0.1, 0.15) is 0 Å². The summed E-state index contributed by atoms with van der Waals surface area (Å²) in [7, 11) is 0. The lowest BCUT2D eigenvalue weighted by molar-refractivity contribution is 0.0954. The second-order valence-corrected chi connectivity index (χ2v) is 7.52. The minimum atomic E-state index is 0.293. The van der Waals surface area contributed by atoms with Gasteiger partial charge in [0, 0.05) is 24.3 Å². The first-order chi connectivity index (χ1) is 12.9. The molecule has 1 unspecified atom stereocenters. The predicted octanol–water partition coefficient (Wildman–Crippen LogP) is 4.46. The molecule has 3 aromatic rings. The normalized spacial score (nSPS) is 16.8. The van der Waals surface area contributed by atoms with E-state index < -0.39 is 0 Å². The zero-order valence-corrected chi connectivity index (χ0v) is 15.6. The van der Waals surface area contributed by atoms with Crippen LogP contribution in [-0.4, -0.2) is 33.0 Å². The molecule has 1 aliphatic heterocycles. The summed E-state index contributed by atoms with van der Waals surface area (Å²) < 4.78 is 8.21. The third-order valence-electron chi connectivity index (χ3n) is 4.61. The summed E-state index contributed by atoms with van der Waals surface area (Å²) in [5.74, 6) is 0.966. The Morgan fingerprint density at radius 2 is 1.96 bits per heavy atom. The number of nitrogens with zero attached hydrogens (tertiary/aromatic N) is 3. The van der Waals surface area contributed by atoms with Gasteiger partial charge in [0.25, 0.3) is 0 Å². The Morgan fingerprint density at radius 1 is 1.08 bits per heavy atom. The Balaban J connectivity index is 1.52. The van der Waals surface area contributed by atoms with E-state index in [1.807, 2.05) is 30.6 Å². The number of pyridine rings is 1. The van der Waals surface area contributed by atoms with E-state index in [4.69, 9.17) is 9.72 Å². The number of benzene rings is 1. The van der Waals surface area contributed by atoms with Crippen molar-refractivity contribution in [3.05, 3.63) is 66.6 Å². The van der Waals surface area contributed by atoms with Crippen LogP contribution in [-0.2, 0) is 17.7 Å². The molecule has 1 aliphatic rings. The van der Waals surface area contributed by atoms with Crippen LogP contribution in [0.15, 0.2) is 66.1 Å². The van der Waals surface area contributed by atoms with Crippen molar-refractivity contribution in [2.24, 2.45) is 0 Å². The van der Waals surface area contributed by atoms with Gasteiger partial charge in [-0.1, -0.05) is 48.2 Å². The van der Waals surface area contributed by atoms with Crippen molar-refractivity contribution < 1.29 is 4.74 Å². The molecule has 0 spiro atoms. The third kappa shape index (κ3) is 4.17. The van der Waals surface area contributed by atoms with Crippen LogP contribution in [0.5, 0.6) is 0 Å². The number of ether oxygens (including phenoxy) is 1. The van der Waals surface area contributed by atoms with Gasteiger partial charge in [-0.3, -0.25) is 4.98 Å². The monoisotopic (exact) mass is 365 g/mol. The Morgan fingerprint density at radius 3 is 2.73 bits per heavy atom. The predicted molar refractivity (Wildman–Crippen MR) is 105 cm³/mol. The molecular formula is C21H23N3OS. The fourth-order valence-electron chi connectivity index (χ4n) is 3.27. The quantitative estimate of drug-likeness (QED) is 0.580. The fourth-order valence-corrected chi connectivity index (χ4v) is 4.22. The van der Waals surface area contributed by atoms with Gasteiger partial charge in [-0.2, -0.15) is 0 Å². The summed E-state index contributed by atoms with van der Waals surface area (Å²) in [4.78, 5) is 9.12. The van der Waals surface area contributed by atoms with Gasteiger partial charge in [-0.05, 0) is 37.0 Å². The van der Waals surface area contributed by atoms with Crippen molar-refractivity contribution >= 4 is 11.8 Å². The summed E-state index contributed by atoms with van der Waals surface area (Å²) in [6.45, 7) is 1.75. The van der Waals surface area contributed by atoms with E-state index in [9.17, 15) is 0 Å². The Labute approximate surface area is 158 Å². The van der Waals surface area contributed by atoms with Gasteiger partial charge in [0.2, 0.25) is 0 Å². The molecule has 2 aromatic heterocycles. The Bertz CT molecular complexity index is 814. The van der Waals surface area contributed by atoms with E-state index in [0.717, 1.165) is 49.0 Å². The Kier molecular flexibility index (Phi) is 5.67. The Hall–Kier alpha value is -2.11. The molecule has 1 aromatic carbocycles. The minimum absolute atomic E-state index is 0.293. The van der Waals surface area contributed by atoms with Gasteiger partial charge in [-0.25, -0.2) is 4.98 Å². The zero-order valence-electron chi connectivity index (χ0n) is 14.8. The van der Waals surface area contributed by atoms with E-state index in [1.54, 1.807) is 11.8 Å². The van der Waals surface area contributed by atoms with Crippen molar-refractivity contribution in [2.45, 2.75) is 37.1 Å². The molecule has 26 heavy (non-hydrogen) atoms. The molecule has 5 heteroatoms. The van der Waals surface area contributed by atoms with Gasteiger partial charge in [0.05, 0.1) is 24.5 Å². The van der Waals surface area contributed by atoms with Crippen LogP contribution in [0.2, 0.25) is 0 Å². The first-order valence-electron chi connectivity index (χ1n) is 9.15. The van der Waals surface area contributed by atoms with Crippen LogP contribution < -0.4 is 0 Å². The second kappa shape index (κ2) is 8.52. The topological polar surface area (TPSA) is 39.9 Å². The van der Waals surface area contributed by atoms with Crippen molar-refractivity contribution in [2.75, 3.05) is 12.4 Å². The van der Waals surface area contributed by atoms with Gasteiger partial charge < -0.3 is 9.30 Å². The van der Waals surface area contributed by atoms with E-state index in [-0.39, 0.29) is 0 Å². The molecule has 0 amide bonds. The van der Waals surface area contributed by atoms with E-state index in [0.29, 0.717) is 6.10 Å². The summed E-state index contributed by atoms with van der Waals surface area (Å²) in [6.07, 6.45) is 7.37. The smallest absolute Gasteiger partial charge is 0.168 e. The molecule has 3 heterocycles. The number of hydrogen-bond donors (Lipinski definition) is 0. The zero-order chi connectivity index (χ0) is 17.6. The SMILES string of the molecule is c1ccc(-c2cnc(SCCc3ccccn3)n2CC2CCCO2)cc1. The number of hydrogen-bond acceptors (Lipinski definition) is 4. The standard InChI is InChI=1S/C21H23N3OS/c1-2-7-17(8-3-1)20-15-23-21(24(20)16-19-10-6-13-25-19)26-14-11-18-9-4-5-12-22-18/h1-5,7-9,12,15,19H,6,10-11,13-14,16H2. The van der Waals surface area contributed by atoms with Crippen molar-refractivity contribution in [1.29, 1.82) is 0 Å². The minimum Gasteiger partial charge on any atom is -0.376 e. The average Bonchev–Trinajstić information content (AvgIpc) is 3.34. The first kappa shape index (κ1) is 17.3. The average molecular weight is 366 g/mol. The first-order valence-corrected chi connectivity index (χ1v) is 10.1. The largest absolute Gasteiger partial charge is 0.376 e. The highest BCUT2D eigenvalue weighted by Crippen LogP contribution is 2.28. The lowest BCUT2D eigenvalue weighted by Gasteiger charge is -2.16. The highest BCUT2D eigenvalue weighted by atomic mass is 32.2. The molecule has 0 N–H and O–H groups in total. The van der Waals surface area contributed by atoms with Crippen molar-refractivity contribution in [1.82, 2.24) is 14.5 Å². The molecule has 1 atom stereocenters. The van der Waals surface area contributed by atoms with Gasteiger partial charge in [0.15, 0.2) is 5.16 Å². The molecular weight excluding hydrogens is 342 g/mol. The molecule has 1 saturated heterocycles. The number of rotatable bonds is 7. The van der Waals surface area contributed by atoms with E-state index in [1.165, 1.54) is 11.3 Å². The lowest BCUT2D eigenvalue weighted by Crippen LogP contribution is -2.16. The van der Waals surface area contributed by atoms with Crippen LogP contribution in [0, 0.1) is 0 Å². The maximum absolute atomic E-state index is 5.88. The summed E-state index contributed by atoms with van der Waals surface area (Å²) >= 11 is 1.80. The maximum atomic E-state index is 5.88. The van der Waals surface area contributed by atoms with Crippen LogP contribution in [0.1, 0.15) is 18.5 Å². The highest BCUT2D eigenvalue weighted by Gasteiger charge is 2.20. The van der Waals surface area contributed by atoms with Crippen molar-refractivity contribution in [3.8, 4) is 11.3 Å². The van der Waals surface area contributed by atoms with E-state index in [2.05, 4.69) is 39.9 Å². The summed E-state index contributed by atoms with van der Waals surface area (Å²) in [5, 5.41) is 1.07. The van der Waals surface area contributed by atoms with Gasteiger partial charge >= 0.3 is 0 Å².